The average Bonchev–Trinajstić information content (AvgIpc) is 3.54. The number of hydrogen-bond donors (Lipinski definition) is 0. The van der Waals surface area contributed by atoms with Crippen LogP contribution in [-0.2, 0) is 52.3 Å². The van der Waals surface area contributed by atoms with Gasteiger partial charge in [0.2, 0.25) is 6.29 Å². The predicted octanol–water partition coefficient (Wildman–Crippen LogP) is 0.848. The van der Waals surface area contributed by atoms with E-state index < -0.39 is 11.9 Å². The second kappa shape index (κ2) is 13.7. The molecule has 0 aromatic carbocycles. The summed E-state index contributed by atoms with van der Waals surface area (Å²) in [7, 11) is 0. The Morgan fingerprint density at radius 3 is 1.56 bits per heavy atom. The molecule has 190 valence electrons. The van der Waals surface area contributed by atoms with Crippen LogP contribution in [0.25, 0.3) is 0 Å². The van der Waals surface area contributed by atoms with Crippen molar-refractivity contribution >= 4 is 17.9 Å². The quantitative estimate of drug-likeness (QED) is 0.119. The first-order valence-corrected chi connectivity index (χ1v) is 11.4. The molecular formula is C23H32O11. The molecule has 0 aliphatic carbocycles. The summed E-state index contributed by atoms with van der Waals surface area (Å²) in [5.41, 5.74) is 2.30. The summed E-state index contributed by atoms with van der Waals surface area (Å²) in [6.07, 6.45) is 0.389. The molecule has 0 radical (unpaired) electrons. The number of fused-ring (bicyclic) bond motifs is 1. The van der Waals surface area contributed by atoms with Crippen LogP contribution in [0.15, 0.2) is 22.3 Å². The van der Waals surface area contributed by atoms with E-state index in [0.29, 0.717) is 95.6 Å². The van der Waals surface area contributed by atoms with Crippen LogP contribution >= 0.6 is 0 Å². The molecule has 11 heteroatoms. The van der Waals surface area contributed by atoms with Gasteiger partial charge in [0.1, 0.15) is 6.10 Å². The van der Waals surface area contributed by atoms with Crippen LogP contribution in [0.5, 0.6) is 0 Å². The molecule has 3 rings (SSSR count). The van der Waals surface area contributed by atoms with Crippen molar-refractivity contribution in [1.29, 1.82) is 0 Å². The first kappa shape index (κ1) is 26.5. The zero-order valence-electron chi connectivity index (χ0n) is 19.6. The third kappa shape index (κ3) is 7.97. The molecule has 0 N–H and O–H groups in total. The molecule has 0 aromatic rings. The van der Waals surface area contributed by atoms with Gasteiger partial charge in [-0.05, 0) is 19.4 Å². The van der Waals surface area contributed by atoms with Gasteiger partial charge in [-0.3, -0.25) is 0 Å². The Labute approximate surface area is 198 Å². The molecule has 1 fully saturated rings. The van der Waals surface area contributed by atoms with Crippen molar-refractivity contribution in [2.75, 3.05) is 66.1 Å². The highest BCUT2D eigenvalue weighted by Crippen LogP contribution is 2.37. The fraction of sp³-hybridized carbons (Fsp3) is 0.696. The molecule has 34 heavy (non-hydrogen) atoms. The Morgan fingerprint density at radius 1 is 0.618 bits per heavy atom. The summed E-state index contributed by atoms with van der Waals surface area (Å²) in [4.78, 5) is 34.5. The van der Waals surface area contributed by atoms with Crippen molar-refractivity contribution in [3.8, 4) is 0 Å². The standard InChI is InChI=1S/C23H32O11/c1-15-17(22(26)34-23-19(15)32-23)3-5-27-7-9-29-11-13-31-14-12-30-10-8-28-6-4-18-16(2)20(24)33-21(18)25/h19,23H,3-14H2,1-2H3. The van der Waals surface area contributed by atoms with Gasteiger partial charge in [0, 0.05) is 24.0 Å². The van der Waals surface area contributed by atoms with Crippen LogP contribution in [0.3, 0.4) is 0 Å². The number of ether oxygens (including phenoxy) is 8. The Kier molecular flexibility index (Phi) is 10.6. The number of carbonyl (C=O) groups excluding carboxylic acids is 3. The van der Waals surface area contributed by atoms with Crippen LogP contribution in [0.1, 0.15) is 26.7 Å². The highest BCUT2D eigenvalue weighted by Gasteiger charge is 2.49. The van der Waals surface area contributed by atoms with Crippen molar-refractivity contribution in [3.05, 3.63) is 22.3 Å². The summed E-state index contributed by atoms with van der Waals surface area (Å²) in [6, 6.07) is 0. The van der Waals surface area contributed by atoms with Crippen LogP contribution < -0.4 is 0 Å². The van der Waals surface area contributed by atoms with E-state index in [-0.39, 0.29) is 18.4 Å². The summed E-state index contributed by atoms with van der Waals surface area (Å²) in [6.45, 7) is 7.62. The molecule has 2 atom stereocenters. The third-order valence-electron chi connectivity index (χ3n) is 5.50. The molecule has 2 unspecified atom stereocenters. The van der Waals surface area contributed by atoms with Crippen LogP contribution in [0, 0.1) is 0 Å². The second-order valence-electron chi connectivity index (χ2n) is 7.83. The van der Waals surface area contributed by atoms with Gasteiger partial charge in [0.05, 0.1) is 71.6 Å². The topological polar surface area (TPSA) is 128 Å². The van der Waals surface area contributed by atoms with Gasteiger partial charge < -0.3 is 37.9 Å². The van der Waals surface area contributed by atoms with E-state index in [0.717, 1.165) is 5.57 Å². The Morgan fingerprint density at radius 2 is 1.09 bits per heavy atom. The summed E-state index contributed by atoms with van der Waals surface area (Å²) in [5, 5.41) is 0. The third-order valence-corrected chi connectivity index (χ3v) is 5.50. The van der Waals surface area contributed by atoms with Crippen molar-refractivity contribution in [2.24, 2.45) is 0 Å². The SMILES string of the molecule is CC1=C(CCOCCOCCOCCOCCOCCC2=C(C)C3OC3OC2=O)C(=O)OC1=O. The first-order chi connectivity index (χ1) is 16.5. The van der Waals surface area contributed by atoms with E-state index in [1.807, 2.05) is 6.92 Å². The lowest BCUT2D eigenvalue weighted by Crippen LogP contribution is -2.21. The van der Waals surface area contributed by atoms with Gasteiger partial charge in [-0.15, -0.1) is 0 Å². The van der Waals surface area contributed by atoms with Gasteiger partial charge in [-0.2, -0.15) is 0 Å². The Balaban J connectivity index is 1.04. The molecule has 0 saturated carbocycles. The van der Waals surface area contributed by atoms with E-state index in [4.69, 9.17) is 33.2 Å². The zero-order chi connectivity index (χ0) is 24.3. The molecular weight excluding hydrogens is 452 g/mol. The molecule has 3 aliphatic heterocycles. The highest BCUT2D eigenvalue weighted by molar-refractivity contribution is 6.11. The van der Waals surface area contributed by atoms with Crippen LogP contribution in [0.4, 0.5) is 0 Å². The smallest absolute Gasteiger partial charge is 0.342 e. The molecule has 0 aromatic heterocycles. The summed E-state index contributed by atoms with van der Waals surface area (Å²) >= 11 is 0. The minimum Gasteiger partial charge on any atom is -0.429 e. The van der Waals surface area contributed by atoms with Gasteiger partial charge in [0.15, 0.2) is 0 Å². The number of rotatable bonds is 18. The highest BCUT2D eigenvalue weighted by atomic mass is 16.8. The maximum Gasteiger partial charge on any atom is 0.342 e. The van der Waals surface area contributed by atoms with Crippen molar-refractivity contribution in [2.45, 2.75) is 39.1 Å². The van der Waals surface area contributed by atoms with E-state index in [9.17, 15) is 14.4 Å². The van der Waals surface area contributed by atoms with Crippen molar-refractivity contribution < 1.29 is 52.3 Å². The monoisotopic (exact) mass is 484 g/mol. The average molecular weight is 484 g/mol. The van der Waals surface area contributed by atoms with E-state index >= 15 is 0 Å². The lowest BCUT2D eigenvalue weighted by molar-refractivity contribution is -0.151. The van der Waals surface area contributed by atoms with Crippen molar-refractivity contribution in [3.63, 3.8) is 0 Å². The minimum atomic E-state index is -0.584. The van der Waals surface area contributed by atoms with Gasteiger partial charge in [0.25, 0.3) is 0 Å². The Hall–Kier alpha value is -2.15. The van der Waals surface area contributed by atoms with Gasteiger partial charge >= 0.3 is 17.9 Å². The van der Waals surface area contributed by atoms with E-state index in [1.54, 1.807) is 6.92 Å². The zero-order valence-corrected chi connectivity index (χ0v) is 19.6. The normalized spacial score (nSPS) is 21.8. The number of hydrogen-bond acceptors (Lipinski definition) is 11. The number of carbonyl (C=O) groups is 3. The Bertz CT molecular complexity index is 801. The molecule has 1 saturated heterocycles. The maximum atomic E-state index is 11.8. The van der Waals surface area contributed by atoms with Crippen molar-refractivity contribution in [1.82, 2.24) is 0 Å². The predicted molar refractivity (Wildman–Crippen MR) is 115 cm³/mol. The van der Waals surface area contributed by atoms with Gasteiger partial charge in [-0.1, -0.05) is 0 Å². The molecule has 0 bridgehead atoms. The first-order valence-electron chi connectivity index (χ1n) is 11.4. The fourth-order valence-electron chi connectivity index (χ4n) is 3.42. The summed E-state index contributed by atoms with van der Waals surface area (Å²) < 4.78 is 42.0. The molecule has 3 aliphatic rings. The maximum absolute atomic E-state index is 11.8. The molecule has 11 nitrogen and oxygen atoms in total. The van der Waals surface area contributed by atoms with Crippen LogP contribution in [-0.4, -0.2) is 96.4 Å². The van der Waals surface area contributed by atoms with E-state index in [1.165, 1.54) is 0 Å². The largest absolute Gasteiger partial charge is 0.429 e. The van der Waals surface area contributed by atoms with E-state index in [2.05, 4.69) is 4.74 Å². The number of cyclic esters (lactones) is 2. The lowest BCUT2D eigenvalue weighted by Gasteiger charge is -2.14. The molecule has 3 heterocycles. The van der Waals surface area contributed by atoms with Gasteiger partial charge in [-0.25, -0.2) is 14.4 Å². The molecule has 0 amide bonds. The number of esters is 3. The fourth-order valence-corrected chi connectivity index (χ4v) is 3.42. The van der Waals surface area contributed by atoms with Crippen LogP contribution in [0.2, 0.25) is 0 Å². The summed E-state index contributed by atoms with van der Waals surface area (Å²) in [5.74, 6) is -1.48. The second-order valence-corrected chi connectivity index (χ2v) is 7.83. The minimum absolute atomic E-state index is 0.0681. The molecule has 0 spiro atoms. The lowest BCUT2D eigenvalue weighted by atomic mass is 10.0. The number of epoxide rings is 1.